The number of pyridine rings is 1. The van der Waals surface area contributed by atoms with E-state index in [4.69, 9.17) is 17.3 Å². The number of hydrogen-bond acceptors (Lipinski definition) is 4. The summed E-state index contributed by atoms with van der Waals surface area (Å²) < 4.78 is 26.2. The molecule has 0 saturated heterocycles. The van der Waals surface area contributed by atoms with E-state index >= 15 is 0 Å². The zero-order valence-electron chi connectivity index (χ0n) is 11.5. The van der Waals surface area contributed by atoms with Crippen molar-refractivity contribution in [1.29, 1.82) is 0 Å². The molecular formula is C14H16ClN3O2S. The van der Waals surface area contributed by atoms with Crippen molar-refractivity contribution in [1.82, 2.24) is 9.29 Å². The van der Waals surface area contributed by atoms with Crippen molar-refractivity contribution in [2.24, 2.45) is 0 Å². The molecule has 1 aromatic carbocycles. The number of halogens is 1. The minimum Gasteiger partial charge on any atom is -0.398 e. The number of nitrogens with two attached hydrogens (primary N) is 1. The van der Waals surface area contributed by atoms with Gasteiger partial charge in [-0.25, -0.2) is 12.7 Å². The van der Waals surface area contributed by atoms with Crippen LogP contribution < -0.4 is 5.73 Å². The van der Waals surface area contributed by atoms with Crippen LogP contribution >= 0.6 is 11.6 Å². The summed E-state index contributed by atoms with van der Waals surface area (Å²) in [6.45, 7) is 0.311. The molecule has 0 aliphatic carbocycles. The Hall–Kier alpha value is -1.63. The van der Waals surface area contributed by atoms with Crippen molar-refractivity contribution in [2.45, 2.75) is 11.3 Å². The number of likely N-dealkylation sites (N-methyl/N-ethyl adjacent to an activating group) is 1. The highest BCUT2D eigenvalue weighted by atomic mass is 35.5. The summed E-state index contributed by atoms with van der Waals surface area (Å²) in [4.78, 5) is 4.20. The number of nitrogen functional groups attached to an aromatic ring is 1. The number of nitrogens with zero attached hydrogens (tertiary/aromatic N) is 2. The second-order valence-electron chi connectivity index (χ2n) is 4.58. The van der Waals surface area contributed by atoms with E-state index in [0.29, 0.717) is 18.0 Å². The lowest BCUT2D eigenvalue weighted by atomic mass is 10.3. The molecule has 1 aromatic heterocycles. The van der Waals surface area contributed by atoms with Crippen molar-refractivity contribution in [3.05, 3.63) is 53.3 Å². The topological polar surface area (TPSA) is 76.3 Å². The van der Waals surface area contributed by atoms with E-state index in [1.54, 1.807) is 12.3 Å². The molecule has 0 aliphatic heterocycles. The molecule has 2 N–H and O–H groups in total. The number of anilines is 1. The van der Waals surface area contributed by atoms with Gasteiger partial charge in [-0.2, -0.15) is 0 Å². The van der Waals surface area contributed by atoms with Gasteiger partial charge in [0.2, 0.25) is 10.0 Å². The highest BCUT2D eigenvalue weighted by Crippen LogP contribution is 2.25. The lowest BCUT2D eigenvalue weighted by molar-refractivity contribution is 0.471. The summed E-state index contributed by atoms with van der Waals surface area (Å²) in [5.74, 6) is 0. The standard InChI is InChI=1S/C14H16ClN3O2S/c1-18(9-7-12-4-2-3-8-17-12)21(19,20)14-10-11(15)5-6-13(14)16/h2-6,8,10H,7,9,16H2,1H3. The molecule has 1 heterocycles. The summed E-state index contributed by atoms with van der Waals surface area (Å²) >= 11 is 5.85. The third-order valence-corrected chi connectivity index (χ3v) is 5.22. The van der Waals surface area contributed by atoms with Crippen LogP contribution in [-0.4, -0.2) is 31.3 Å². The van der Waals surface area contributed by atoms with Crippen molar-refractivity contribution >= 4 is 27.3 Å². The molecular weight excluding hydrogens is 310 g/mol. The van der Waals surface area contributed by atoms with E-state index in [0.717, 1.165) is 5.69 Å². The van der Waals surface area contributed by atoms with Crippen molar-refractivity contribution in [2.75, 3.05) is 19.3 Å². The Morgan fingerprint density at radius 1 is 1.29 bits per heavy atom. The quantitative estimate of drug-likeness (QED) is 0.855. The SMILES string of the molecule is CN(CCc1ccccn1)S(=O)(=O)c1cc(Cl)ccc1N. The van der Waals surface area contributed by atoms with E-state index < -0.39 is 10.0 Å². The predicted octanol–water partition coefficient (Wildman–Crippen LogP) is 2.18. The smallest absolute Gasteiger partial charge is 0.244 e. The Kier molecular flexibility index (Phi) is 4.82. The van der Waals surface area contributed by atoms with E-state index in [1.165, 1.54) is 23.5 Å². The van der Waals surface area contributed by atoms with Gasteiger partial charge in [0.05, 0.1) is 5.69 Å². The average molecular weight is 326 g/mol. The van der Waals surface area contributed by atoms with E-state index in [-0.39, 0.29) is 10.6 Å². The molecule has 2 rings (SSSR count). The largest absolute Gasteiger partial charge is 0.398 e. The average Bonchev–Trinajstić information content (AvgIpc) is 2.48. The van der Waals surface area contributed by atoms with Crippen molar-refractivity contribution in [3.63, 3.8) is 0 Å². The van der Waals surface area contributed by atoms with Crippen LogP contribution in [0.3, 0.4) is 0 Å². The maximum absolute atomic E-state index is 12.5. The molecule has 21 heavy (non-hydrogen) atoms. The monoisotopic (exact) mass is 325 g/mol. The fourth-order valence-electron chi connectivity index (χ4n) is 1.84. The molecule has 5 nitrogen and oxygen atoms in total. The third-order valence-electron chi connectivity index (χ3n) is 3.07. The fourth-order valence-corrected chi connectivity index (χ4v) is 3.38. The molecule has 0 spiro atoms. The fraction of sp³-hybridized carbons (Fsp3) is 0.214. The van der Waals surface area contributed by atoms with Gasteiger partial charge in [-0.15, -0.1) is 0 Å². The molecule has 112 valence electrons. The number of sulfonamides is 1. The molecule has 7 heteroatoms. The van der Waals surface area contributed by atoms with Crippen molar-refractivity contribution < 1.29 is 8.42 Å². The first-order valence-corrected chi connectivity index (χ1v) is 8.14. The Morgan fingerprint density at radius 3 is 2.71 bits per heavy atom. The Balaban J connectivity index is 2.17. The molecule has 0 fully saturated rings. The summed E-state index contributed by atoms with van der Waals surface area (Å²) in [6.07, 6.45) is 2.20. The van der Waals surface area contributed by atoms with Crippen LogP contribution in [0.1, 0.15) is 5.69 Å². The van der Waals surface area contributed by atoms with Crippen molar-refractivity contribution in [3.8, 4) is 0 Å². The van der Waals surface area contributed by atoms with Gasteiger partial charge in [0.1, 0.15) is 4.90 Å². The van der Waals surface area contributed by atoms with Crippen LogP contribution in [-0.2, 0) is 16.4 Å². The molecule has 0 amide bonds. The lowest BCUT2D eigenvalue weighted by Crippen LogP contribution is -2.29. The number of aromatic nitrogens is 1. The van der Waals surface area contributed by atoms with Gasteiger partial charge in [0.15, 0.2) is 0 Å². The summed E-state index contributed by atoms with van der Waals surface area (Å²) in [5, 5.41) is 0.334. The number of benzene rings is 1. The van der Waals surface area contributed by atoms with Crippen LogP contribution in [0.4, 0.5) is 5.69 Å². The molecule has 0 bridgehead atoms. The van der Waals surface area contributed by atoms with Gasteiger partial charge in [-0.05, 0) is 30.3 Å². The summed E-state index contributed by atoms with van der Waals surface area (Å²) in [6, 6.07) is 9.95. The van der Waals surface area contributed by atoms with Gasteiger partial charge in [0, 0.05) is 36.9 Å². The lowest BCUT2D eigenvalue weighted by Gasteiger charge is -2.18. The first kappa shape index (κ1) is 15.8. The Bertz CT molecular complexity index is 720. The molecule has 2 aromatic rings. The molecule has 0 atom stereocenters. The van der Waals surface area contributed by atoms with Crippen LogP contribution in [0.5, 0.6) is 0 Å². The Labute approximate surface area is 129 Å². The maximum Gasteiger partial charge on any atom is 0.244 e. The maximum atomic E-state index is 12.5. The summed E-state index contributed by atoms with van der Waals surface area (Å²) in [7, 11) is -2.15. The molecule has 0 aliphatic rings. The minimum atomic E-state index is -3.67. The number of rotatable bonds is 5. The first-order valence-electron chi connectivity index (χ1n) is 6.32. The molecule has 0 radical (unpaired) electrons. The van der Waals surface area contributed by atoms with Gasteiger partial charge in [-0.1, -0.05) is 17.7 Å². The second-order valence-corrected chi connectivity index (χ2v) is 7.03. The van der Waals surface area contributed by atoms with Crippen LogP contribution in [0, 0.1) is 0 Å². The molecule has 0 unspecified atom stereocenters. The van der Waals surface area contributed by atoms with Gasteiger partial charge in [0.25, 0.3) is 0 Å². The number of hydrogen-bond donors (Lipinski definition) is 1. The predicted molar refractivity (Wildman–Crippen MR) is 83.6 cm³/mol. The molecule has 0 saturated carbocycles. The highest BCUT2D eigenvalue weighted by Gasteiger charge is 2.23. The zero-order valence-corrected chi connectivity index (χ0v) is 13.1. The summed E-state index contributed by atoms with van der Waals surface area (Å²) in [5.41, 5.74) is 6.76. The first-order chi connectivity index (χ1) is 9.91. The van der Waals surface area contributed by atoms with E-state index in [1.807, 2.05) is 18.2 Å². The van der Waals surface area contributed by atoms with Crippen LogP contribution in [0.15, 0.2) is 47.5 Å². The Morgan fingerprint density at radius 2 is 2.05 bits per heavy atom. The normalized spacial score (nSPS) is 11.8. The highest BCUT2D eigenvalue weighted by molar-refractivity contribution is 7.89. The third kappa shape index (κ3) is 3.72. The van der Waals surface area contributed by atoms with Gasteiger partial charge >= 0.3 is 0 Å². The van der Waals surface area contributed by atoms with Gasteiger partial charge < -0.3 is 5.73 Å². The van der Waals surface area contributed by atoms with Gasteiger partial charge in [-0.3, -0.25) is 4.98 Å². The van der Waals surface area contributed by atoms with Crippen LogP contribution in [0.25, 0.3) is 0 Å². The van der Waals surface area contributed by atoms with Crippen LogP contribution in [0.2, 0.25) is 5.02 Å². The second kappa shape index (κ2) is 6.43. The van der Waals surface area contributed by atoms with E-state index in [2.05, 4.69) is 4.98 Å². The minimum absolute atomic E-state index is 0.0264. The zero-order chi connectivity index (χ0) is 15.5. The van der Waals surface area contributed by atoms with E-state index in [9.17, 15) is 8.42 Å².